The van der Waals surface area contributed by atoms with Crippen LogP contribution in [0, 0.1) is 17.0 Å². The van der Waals surface area contributed by atoms with Crippen molar-refractivity contribution in [3.63, 3.8) is 0 Å². The molecule has 16 heavy (non-hydrogen) atoms. The van der Waals surface area contributed by atoms with E-state index in [2.05, 4.69) is 0 Å². The summed E-state index contributed by atoms with van der Waals surface area (Å²) in [6, 6.07) is 3.57. The minimum Gasteiger partial charge on any atom is -0.481 e. The van der Waals surface area contributed by atoms with Gasteiger partial charge in [0.15, 0.2) is 0 Å². The molecule has 6 nitrogen and oxygen atoms in total. The van der Waals surface area contributed by atoms with Crippen molar-refractivity contribution in [2.45, 2.75) is 19.4 Å². The highest BCUT2D eigenvalue weighted by atomic mass is 16.6. The van der Waals surface area contributed by atoms with E-state index in [0.717, 1.165) is 0 Å². The molecule has 1 rings (SSSR count). The number of rotatable bonds is 4. The zero-order chi connectivity index (χ0) is 12.3. The molecular formula is C10H12N2O4. The second kappa shape index (κ2) is 4.71. The van der Waals surface area contributed by atoms with E-state index in [1.165, 1.54) is 18.2 Å². The Bertz CT molecular complexity index is 431. The average Bonchev–Trinajstić information content (AvgIpc) is 2.15. The van der Waals surface area contributed by atoms with Crippen LogP contribution in [0.3, 0.4) is 0 Å². The molecule has 1 aromatic rings. The predicted octanol–water partition coefficient (Wildman–Crippen LogP) is 1.38. The van der Waals surface area contributed by atoms with E-state index in [1.54, 1.807) is 6.92 Å². The number of benzene rings is 1. The van der Waals surface area contributed by atoms with Crippen LogP contribution in [0.2, 0.25) is 0 Å². The minimum atomic E-state index is -0.995. The molecule has 1 atom stereocenters. The van der Waals surface area contributed by atoms with Crippen LogP contribution in [0.25, 0.3) is 0 Å². The third-order valence-corrected chi connectivity index (χ3v) is 2.26. The number of carbonyl (C=O) groups is 1. The fourth-order valence-corrected chi connectivity index (χ4v) is 1.49. The van der Waals surface area contributed by atoms with E-state index in [1.807, 2.05) is 0 Å². The summed E-state index contributed by atoms with van der Waals surface area (Å²) in [7, 11) is 0. The topological polar surface area (TPSA) is 106 Å². The van der Waals surface area contributed by atoms with Crippen LogP contribution in [0.5, 0.6) is 0 Å². The number of nitro groups is 1. The quantitative estimate of drug-likeness (QED) is 0.593. The number of aliphatic carboxylic acids is 1. The molecule has 0 aromatic heterocycles. The zero-order valence-corrected chi connectivity index (χ0v) is 8.71. The van der Waals surface area contributed by atoms with Gasteiger partial charge in [0.05, 0.1) is 11.3 Å². The Morgan fingerprint density at radius 2 is 2.25 bits per heavy atom. The molecule has 0 spiro atoms. The molecule has 0 amide bonds. The Kier molecular flexibility index (Phi) is 3.57. The third-order valence-electron chi connectivity index (χ3n) is 2.26. The van der Waals surface area contributed by atoms with Crippen molar-refractivity contribution in [1.82, 2.24) is 0 Å². The van der Waals surface area contributed by atoms with Gasteiger partial charge in [0.25, 0.3) is 5.69 Å². The van der Waals surface area contributed by atoms with Gasteiger partial charge in [-0.05, 0) is 18.1 Å². The number of hydrogen-bond donors (Lipinski definition) is 2. The second-order valence-electron chi connectivity index (χ2n) is 3.50. The first-order chi connectivity index (χ1) is 7.41. The van der Waals surface area contributed by atoms with Gasteiger partial charge in [-0.1, -0.05) is 6.07 Å². The smallest absolute Gasteiger partial charge is 0.305 e. The van der Waals surface area contributed by atoms with Crippen molar-refractivity contribution in [1.29, 1.82) is 0 Å². The standard InChI is InChI=1S/C10H12N2O4/c1-6-4-7(12(15)16)2-3-8(6)9(11)5-10(13)14/h2-4,9H,5,11H2,1H3,(H,13,14). The number of nitrogens with zero attached hydrogens (tertiary/aromatic N) is 1. The number of hydrogen-bond acceptors (Lipinski definition) is 4. The maximum Gasteiger partial charge on any atom is 0.305 e. The van der Waals surface area contributed by atoms with Crippen molar-refractivity contribution in [3.05, 3.63) is 39.4 Å². The number of aryl methyl sites for hydroxylation is 1. The average molecular weight is 224 g/mol. The van der Waals surface area contributed by atoms with Gasteiger partial charge < -0.3 is 10.8 Å². The van der Waals surface area contributed by atoms with Gasteiger partial charge in [-0.3, -0.25) is 14.9 Å². The first-order valence-corrected chi connectivity index (χ1v) is 4.64. The predicted molar refractivity (Wildman–Crippen MR) is 57.0 cm³/mol. The molecule has 3 N–H and O–H groups in total. The molecule has 1 unspecified atom stereocenters. The van der Waals surface area contributed by atoms with Crippen LogP contribution >= 0.6 is 0 Å². The van der Waals surface area contributed by atoms with E-state index in [0.29, 0.717) is 11.1 Å². The lowest BCUT2D eigenvalue weighted by molar-refractivity contribution is -0.384. The number of carboxylic acid groups (broad SMARTS) is 1. The summed E-state index contributed by atoms with van der Waals surface area (Å²) in [5.41, 5.74) is 6.89. The van der Waals surface area contributed by atoms with Gasteiger partial charge in [-0.2, -0.15) is 0 Å². The lowest BCUT2D eigenvalue weighted by Gasteiger charge is -2.11. The van der Waals surface area contributed by atoms with Crippen LogP contribution < -0.4 is 5.73 Å². The summed E-state index contributed by atoms with van der Waals surface area (Å²) in [4.78, 5) is 20.5. The lowest BCUT2D eigenvalue weighted by atomic mass is 9.99. The van der Waals surface area contributed by atoms with Gasteiger partial charge in [-0.25, -0.2) is 0 Å². The molecule has 0 bridgehead atoms. The highest BCUT2D eigenvalue weighted by molar-refractivity contribution is 5.68. The molecule has 0 aliphatic heterocycles. The first kappa shape index (κ1) is 12.1. The SMILES string of the molecule is Cc1cc([N+](=O)[O-])ccc1C(N)CC(=O)O. The fraction of sp³-hybridized carbons (Fsp3) is 0.300. The zero-order valence-electron chi connectivity index (χ0n) is 8.71. The van der Waals surface area contributed by atoms with Gasteiger partial charge in [0.1, 0.15) is 0 Å². The molecule has 0 heterocycles. The number of carboxylic acids is 1. The minimum absolute atomic E-state index is 0.0243. The Morgan fingerprint density at radius 1 is 1.62 bits per heavy atom. The van der Waals surface area contributed by atoms with Gasteiger partial charge in [0, 0.05) is 18.2 Å². The van der Waals surface area contributed by atoms with E-state index < -0.39 is 16.9 Å². The van der Waals surface area contributed by atoms with Crippen LogP contribution in [0.1, 0.15) is 23.6 Å². The molecule has 6 heteroatoms. The summed E-state index contributed by atoms with van der Waals surface area (Å²) in [6.07, 6.45) is -0.196. The Morgan fingerprint density at radius 3 is 2.69 bits per heavy atom. The summed E-state index contributed by atoms with van der Waals surface area (Å²) in [5, 5.41) is 19.1. The van der Waals surface area contributed by atoms with E-state index >= 15 is 0 Å². The summed E-state index contributed by atoms with van der Waals surface area (Å²) in [5.74, 6) is -0.995. The van der Waals surface area contributed by atoms with E-state index in [-0.39, 0.29) is 12.1 Å². The maximum atomic E-state index is 10.5. The molecule has 0 saturated heterocycles. The van der Waals surface area contributed by atoms with Crippen LogP contribution in [-0.2, 0) is 4.79 Å². The molecular weight excluding hydrogens is 212 g/mol. The summed E-state index contributed by atoms with van der Waals surface area (Å²) in [6.45, 7) is 1.67. The fourth-order valence-electron chi connectivity index (χ4n) is 1.49. The van der Waals surface area contributed by atoms with Crippen molar-refractivity contribution >= 4 is 11.7 Å². The van der Waals surface area contributed by atoms with Gasteiger partial charge in [-0.15, -0.1) is 0 Å². The monoisotopic (exact) mass is 224 g/mol. The van der Waals surface area contributed by atoms with Crippen LogP contribution in [-0.4, -0.2) is 16.0 Å². The van der Waals surface area contributed by atoms with Gasteiger partial charge >= 0.3 is 5.97 Å². The van der Waals surface area contributed by atoms with Crippen molar-refractivity contribution < 1.29 is 14.8 Å². The van der Waals surface area contributed by atoms with Crippen LogP contribution in [0.4, 0.5) is 5.69 Å². The summed E-state index contributed by atoms with van der Waals surface area (Å²) >= 11 is 0. The molecule has 0 saturated carbocycles. The highest BCUT2D eigenvalue weighted by Gasteiger charge is 2.15. The molecule has 0 aliphatic carbocycles. The largest absolute Gasteiger partial charge is 0.481 e. The van der Waals surface area contributed by atoms with Crippen molar-refractivity contribution in [2.24, 2.45) is 5.73 Å². The lowest BCUT2D eigenvalue weighted by Crippen LogP contribution is -2.16. The van der Waals surface area contributed by atoms with Crippen molar-refractivity contribution in [2.75, 3.05) is 0 Å². The highest BCUT2D eigenvalue weighted by Crippen LogP contribution is 2.22. The maximum absolute atomic E-state index is 10.5. The Labute approximate surface area is 91.8 Å². The van der Waals surface area contributed by atoms with Gasteiger partial charge in [0.2, 0.25) is 0 Å². The Balaban J connectivity index is 2.98. The normalized spacial score (nSPS) is 12.1. The summed E-state index contributed by atoms with van der Waals surface area (Å²) < 4.78 is 0. The molecule has 0 aliphatic rings. The molecule has 0 radical (unpaired) electrons. The number of non-ortho nitro benzene ring substituents is 1. The molecule has 1 aromatic carbocycles. The second-order valence-corrected chi connectivity index (χ2v) is 3.50. The first-order valence-electron chi connectivity index (χ1n) is 4.64. The Hall–Kier alpha value is -1.95. The van der Waals surface area contributed by atoms with Crippen LogP contribution in [0.15, 0.2) is 18.2 Å². The molecule has 0 fully saturated rings. The van der Waals surface area contributed by atoms with Crippen molar-refractivity contribution in [3.8, 4) is 0 Å². The number of nitrogens with two attached hydrogens (primary N) is 1. The number of nitro benzene ring substituents is 1. The molecule has 86 valence electrons. The third kappa shape index (κ3) is 2.77. The van der Waals surface area contributed by atoms with E-state index in [4.69, 9.17) is 10.8 Å². The van der Waals surface area contributed by atoms with E-state index in [9.17, 15) is 14.9 Å².